The van der Waals surface area contributed by atoms with Crippen molar-refractivity contribution in [3.63, 3.8) is 0 Å². The third kappa shape index (κ3) is 4.37. The maximum atomic E-state index is 13.2. The predicted molar refractivity (Wildman–Crippen MR) is 69.9 cm³/mol. The number of halogens is 2. The summed E-state index contributed by atoms with van der Waals surface area (Å²) in [6, 6.07) is 2.44. The topological polar surface area (TPSA) is 67.8 Å². The van der Waals surface area contributed by atoms with E-state index in [0.29, 0.717) is 5.56 Å². The highest BCUT2D eigenvalue weighted by molar-refractivity contribution is 5.65. The molecule has 0 aromatic heterocycles. The van der Waals surface area contributed by atoms with Gasteiger partial charge in [-0.3, -0.25) is 0 Å². The summed E-state index contributed by atoms with van der Waals surface area (Å²) in [5, 5.41) is 11.2. The Labute approximate surface area is 120 Å². The number of hydrogen-bond acceptors (Lipinski definition) is 3. The fourth-order valence-electron chi connectivity index (χ4n) is 2.33. The lowest BCUT2D eigenvalue weighted by Gasteiger charge is -2.24. The van der Waals surface area contributed by atoms with Gasteiger partial charge < -0.3 is 19.9 Å². The molecule has 2 rings (SSSR count). The fraction of sp³-hybridized carbons (Fsp3) is 0.500. The van der Waals surface area contributed by atoms with E-state index in [4.69, 9.17) is 14.6 Å². The number of nitrogens with one attached hydrogen (secondary N) is 1. The van der Waals surface area contributed by atoms with Crippen LogP contribution in [0.3, 0.4) is 0 Å². The molecule has 0 radical (unpaired) electrons. The van der Waals surface area contributed by atoms with Crippen LogP contribution < -0.4 is 5.32 Å². The van der Waals surface area contributed by atoms with Gasteiger partial charge in [-0.05, 0) is 38.0 Å². The van der Waals surface area contributed by atoms with E-state index in [-0.39, 0.29) is 13.0 Å². The number of hydrogen-bond donors (Lipinski definition) is 2. The second-order valence-electron chi connectivity index (χ2n) is 5.40. The van der Waals surface area contributed by atoms with Crippen LogP contribution in [0.5, 0.6) is 0 Å². The Balaban J connectivity index is 2.14. The van der Waals surface area contributed by atoms with E-state index in [1.807, 2.05) is 0 Å². The maximum Gasteiger partial charge on any atom is 0.404 e. The number of amides is 1. The SMILES string of the molecule is CC1(C)OC[C@H]([C@H](Cc2cc(F)cc(F)c2)NC(=O)O)O1. The van der Waals surface area contributed by atoms with Gasteiger partial charge in [-0.2, -0.15) is 0 Å². The Morgan fingerprint density at radius 3 is 2.52 bits per heavy atom. The minimum absolute atomic E-state index is 0.102. The highest BCUT2D eigenvalue weighted by atomic mass is 19.1. The number of carbonyl (C=O) groups is 1. The summed E-state index contributed by atoms with van der Waals surface area (Å²) >= 11 is 0. The summed E-state index contributed by atoms with van der Waals surface area (Å²) < 4.78 is 37.4. The van der Waals surface area contributed by atoms with E-state index in [2.05, 4.69) is 5.32 Å². The molecule has 1 amide bonds. The van der Waals surface area contributed by atoms with Gasteiger partial charge in [0.25, 0.3) is 0 Å². The van der Waals surface area contributed by atoms with Crippen molar-refractivity contribution in [2.75, 3.05) is 6.61 Å². The van der Waals surface area contributed by atoms with Crippen molar-refractivity contribution in [2.45, 2.75) is 38.2 Å². The van der Waals surface area contributed by atoms with E-state index in [1.165, 1.54) is 12.1 Å². The quantitative estimate of drug-likeness (QED) is 0.895. The predicted octanol–water partition coefficient (Wildman–Crippen LogP) is 2.29. The molecule has 21 heavy (non-hydrogen) atoms. The molecule has 2 N–H and O–H groups in total. The van der Waals surface area contributed by atoms with E-state index in [0.717, 1.165) is 6.07 Å². The van der Waals surface area contributed by atoms with E-state index in [1.54, 1.807) is 13.8 Å². The molecule has 0 saturated carbocycles. The van der Waals surface area contributed by atoms with Crippen molar-refractivity contribution in [3.8, 4) is 0 Å². The van der Waals surface area contributed by atoms with Gasteiger partial charge in [-0.1, -0.05) is 0 Å². The summed E-state index contributed by atoms with van der Waals surface area (Å²) in [6.45, 7) is 3.63. The van der Waals surface area contributed by atoms with Crippen molar-refractivity contribution in [1.29, 1.82) is 0 Å². The van der Waals surface area contributed by atoms with Crippen LogP contribution in [0.1, 0.15) is 19.4 Å². The average molecular weight is 301 g/mol. The molecule has 0 aliphatic carbocycles. The first kappa shape index (κ1) is 15.7. The monoisotopic (exact) mass is 301 g/mol. The van der Waals surface area contributed by atoms with Crippen LogP contribution >= 0.6 is 0 Å². The molecule has 0 unspecified atom stereocenters. The molecule has 1 aromatic carbocycles. The van der Waals surface area contributed by atoms with Crippen molar-refractivity contribution >= 4 is 6.09 Å². The van der Waals surface area contributed by atoms with Gasteiger partial charge in [0.1, 0.15) is 17.7 Å². The highest BCUT2D eigenvalue weighted by Crippen LogP contribution is 2.25. The lowest BCUT2D eigenvalue weighted by Crippen LogP contribution is -2.46. The number of ether oxygens (including phenoxy) is 2. The van der Waals surface area contributed by atoms with E-state index >= 15 is 0 Å². The first-order valence-corrected chi connectivity index (χ1v) is 6.51. The molecular formula is C14H17F2NO4. The zero-order chi connectivity index (χ0) is 15.6. The Kier molecular flexibility index (Phi) is 4.43. The molecule has 1 aliphatic rings. The molecule has 0 spiro atoms. The molecule has 5 nitrogen and oxygen atoms in total. The smallest absolute Gasteiger partial charge is 0.404 e. The summed E-state index contributed by atoms with van der Waals surface area (Å²) in [5.41, 5.74) is 0.347. The van der Waals surface area contributed by atoms with Crippen LogP contribution in [0.25, 0.3) is 0 Å². The van der Waals surface area contributed by atoms with Gasteiger partial charge in [-0.15, -0.1) is 0 Å². The van der Waals surface area contributed by atoms with Crippen molar-refractivity contribution < 1.29 is 28.2 Å². The first-order chi connectivity index (χ1) is 9.75. The minimum Gasteiger partial charge on any atom is -0.465 e. The third-order valence-electron chi connectivity index (χ3n) is 3.17. The molecule has 1 heterocycles. The number of carboxylic acid groups (broad SMARTS) is 1. The van der Waals surface area contributed by atoms with Gasteiger partial charge in [0.2, 0.25) is 0 Å². The van der Waals surface area contributed by atoms with Gasteiger partial charge in [0, 0.05) is 6.07 Å². The average Bonchev–Trinajstić information content (AvgIpc) is 2.67. The van der Waals surface area contributed by atoms with Crippen LogP contribution in [0.15, 0.2) is 18.2 Å². The highest BCUT2D eigenvalue weighted by Gasteiger charge is 2.38. The summed E-state index contributed by atoms with van der Waals surface area (Å²) in [6.07, 6.45) is -1.65. The van der Waals surface area contributed by atoms with E-state index < -0.39 is 35.7 Å². The molecule has 1 fully saturated rings. The molecule has 7 heteroatoms. The van der Waals surface area contributed by atoms with Gasteiger partial charge in [-0.25, -0.2) is 13.6 Å². The second kappa shape index (κ2) is 5.95. The van der Waals surface area contributed by atoms with Crippen molar-refractivity contribution in [2.24, 2.45) is 0 Å². The molecule has 1 aromatic rings. The van der Waals surface area contributed by atoms with Crippen LogP contribution in [0, 0.1) is 11.6 Å². The molecule has 1 aliphatic heterocycles. The van der Waals surface area contributed by atoms with Crippen LogP contribution in [0.2, 0.25) is 0 Å². The zero-order valence-corrected chi connectivity index (χ0v) is 11.7. The third-order valence-corrected chi connectivity index (χ3v) is 3.17. The normalized spacial score (nSPS) is 22.0. The molecule has 116 valence electrons. The Hall–Kier alpha value is -1.73. The zero-order valence-electron chi connectivity index (χ0n) is 11.7. The molecule has 0 bridgehead atoms. The lowest BCUT2D eigenvalue weighted by molar-refractivity contribution is -0.141. The Morgan fingerprint density at radius 2 is 2.05 bits per heavy atom. The second-order valence-corrected chi connectivity index (χ2v) is 5.40. The molecule has 1 saturated heterocycles. The number of benzene rings is 1. The summed E-state index contributed by atoms with van der Waals surface area (Å²) in [4.78, 5) is 10.9. The maximum absolute atomic E-state index is 13.2. The van der Waals surface area contributed by atoms with Crippen LogP contribution in [0.4, 0.5) is 13.6 Å². The fourth-order valence-corrected chi connectivity index (χ4v) is 2.33. The first-order valence-electron chi connectivity index (χ1n) is 6.51. The minimum atomic E-state index is -1.23. The standard InChI is InChI=1S/C14H17F2NO4/c1-14(2)20-7-12(21-14)11(17-13(18)19)5-8-3-9(15)6-10(16)4-8/h3-4,6,11-12,17H,5,7H2,1-2H3,(H,18,19)/t11-,12+/m0/s1. The lowest BCUT2D eigenvalue weighted by atomic mass is 10.0. The molecule has 2 atom stereocenters. The van der Waals surface area contributed by atoms with Crippen LogP contribution in [-0.2, 0) is 15.9 Å². The van der Waals surface area contributed by atoms with Crippen molar-refractivity contribution in [3.05, 3.63) is 35.4 Å². The van der Waals surface area contributed by atoms with Gasteiger partial charge in [0.05, 0.1) is 12.6 Å². The molecular weight excluding hydrogens is 284 g/mol. The largest absolute Gasteiger partial charge is 0.465 e. The summed E-state index contributed by atoms with van der Waals surface area (Å²) in [7, 11) is 0. The Bertz CT molecular complexity index is 515. The van der Waals surface area contributed by atoms with Gasteiger partial charge >= 0.3 is 6.09 Å². The summed E-state index contributed by atoms with van der Waals surface area (Å²) in [5.74, 6) is -2.22. The Morgan fingerprint density at radius 1 is 1.43 bits per heavy atom. The van der Waals surface area contributed by atoms with Gasteiger partial charge in [0.15, 0.2) is 5.79 Å². The van der Waals surface area contributed by atoms with Crippen molar-refractivity contribution in [1.82, 2.24) is 5.32 Å². The number of rotatable bonds is 4. The van der Waals surface area contributed by atoms with Crippen LogP contribution in [-0.4, -0.2) is 35.7 Å². The van der Waals surface area contributed by atoms with E-state index in [9.17, 15) is 13.6 Å².